The molecule has 1 aliphatic rings. The molecule has 0 aliphatic carbocycles. The number of hydrogen-bond donors (Lipinski definition) is 2. The number of nitrogens with zero attached hydrogens (tertiary/aromatic N) is 2. The van der Waals surface area contributed by atoms with Crippen LogP contribution in [0.4, 0.5) is 4.79 Å². The molecule has 2 aromatic carbocycles. The van der Waals surface area contributed by atoms with E-state index in [1.165, 1.54) is 0 Å². The van der Waals surface area contributed by atoms with Gasteiger partial charge in [-0.2, -0.15) is 0 Å². The summed E-state index contributed by atoms with van der Waals surface area (Å²) in [5.74, 6) is 1.21. The molecule has 1 aromatic heterocycles. The number of amides is 2. The normalized spacial score (nSPS) is 16.1. The zero-order valence-electron chi connectivity index (χ0n) is 16.1. The van der Waals surface area contributed by atoms with Crippen LogP contribution in [0.25, 0.3) is 11.0 Å². The lowest BCUT2D eigenvalue weighted by atomic mass is 10.1. The monoisotopic (exact) mass is 441 g/mol. The van der Waals surface area contributed by atoms with E-state index >= 15 is 0 Å². The quantitative estimate of drug-likeness (QED) is 0.548. The highest BCUT2D eigenvalue weighted by atomic mass is 32.2. The molecule has 0 spiro atoms. The van der Waals surface area contributed by atoms with Crippen molar-refractivity contribution in [2.24, 2.45) is 7.05 Å². The molecule has 0 radical (unpaired) electrons. The Bertz CT molecular complexity index is 1140. The summed E-state index contributed by atoms with van der Waals surface area (Å²) in [6, 6.07) is 13.2. The van der Waals surface area contributed by atoms with Crippen molar-refractivity contribution in [2.45, 2.75) is 24.7 Å². The Labute approximate surface area is 182 Å². The third kappa shape index (κ3) is 4.52. The van der Waals surface area contributed by atoms with Gasteiger partial charge in [0.25, 0.3) is 5.24 Å². The second kappa shape index (κ2) is 8.53. The van der Waals surface area contributed by atoms with Crippen LogP contribution >= 0.6 is 24.4 Å². The second-order valence-corrected chi connectivity index (χ2v) is 8.67. The Morgan fingerprint density at radius 3 is 2.60 bits per heavy atom. The lowest BCUT2D eigenvalue weighted by molar-refractivity contribution is -0.119. The molecule has 1 aliphatic heterocycles. The molecule has 1 atom stereocenters. The Kier molecular flexibility index (Phi) is 5.83. The molecular formula is C21H19N3O4S2. The molecule has 9 heteroatoms. The van der Waals surface area contributed by atoms with Crippen molar-refractivity contribution in [1.29, 1.82) is 0 Å². The fraction of sp³-hybridized carbons (Fsp3) is 0.238. The Balaban J connectivity index is 1.41. The number of ether oxygens (including phenoxy) is 1. The number of carbonyl (C=O) groups is 3. The van der Waals surface area contributed by atoms with Gasteiger partial charge in [0, 0.05) is 13.5 Å². The SMILES string of the molecule is Cn1c(COc2ccc(CC3SC(=O)NC3=O)cc2)nc2ccc(CC(=O)S)cc21. The van der Waals surface area contributed by atoms with Crippen LogP contribution in [0.15, 0.2) is 42.5 Å². The van der Waals surface area contributed by atoms with Gasteiger partial charge in [-0.25, -0.2) is 4.98 Å². The fourth-order valence-electron chi connectivity index (χ4n) is 3.31. The van der Waals surface area contributed by atoms with Crippen molar-refractivity contribution in [3.8, 4) is 5.75 Å². The first-order valence-corrected chi connectivity index (χ1v) is 10.6. The van der Waals surface area contributed by atoms with E-state index in [1.807, 2.05) is 54.1 Å². The zero-order valence-corrected chi connectivity index (χ0v) is 17.8. The van der Waals surface area contributed by atoms with E-state index in [4.69, 9.17) is 4.74 Å². The Hall–Kier alpha value is -2.78. The minimum absolute atomic E-state index is 0.178. The number of benzene rings is 2. The standard InChI is InChI=1S/C21H19N3O4S2/c1-24-16-8-13(10-19(25)29)4-7-15(16)22-18(24)11-28-14-5-2-12(3-6-14)9-17-20(26)23-21(27)30-17/h2-8,17H,9-11H2,1H3,(H,25,29)(H,23,26,27). The maximum atomic E-state index is 11.7. The lowest BCUT2D eigenvalue weighted by Crippen LogP contribution is -2.25. The third-order valence-electron chi connectivity index (χ3n) is 4.87. The van der Waals surface area contributed by atoms with Crippen molar-refractivity contribution in [3.63, 3.8) is 0 Å². The number of aromatic nitrogens is 2. The number of thioether (sulfide) groups is 1. The van der Waals surface area contributed by atoms with Gasteiger partial charge in [0.1, 0.15) is 18.2 Å². The maximum absolute atomic E-state index is 11.7. The first-order chi connectivity index (χ1) is 14.4. The van der Waals surface area contributed by atoms with Gasteiger partial charge in [-0.1, -0.05) is 30.0 Å². The molecule has 1 fully saturated rings. The van der Waals surface area contributed by atoms with Crippen LogP contribution in [0.1, 0.15) is 17.0 Å². The third-order valence-corrected chi connectivity index (χ3v) is 6.01. The van der Waals surface area contributed by atoms with Crippen LogP contribution in [-0.4, -0.2) is 31.1 Å². The summed E-state index contributed by atoms with van der Waals surface area (Å²) in [6.45, 7) is 0.292. The van der Waals surface area contributed by atoms with Gasteiger partial charge in [0.05, 0.1) is 16.3 Å². The number of thiol groups is 1. The smallest absolute Gasteiger partial charge is 0.286 e. The molecule has 3 aromatic rings. The summed E-state index contributed by atoms with van der Waals surface area (Å²) < 4.78 is 7.82. The summed E-state index contributed by atoms with van der Waals surface area (Å²) >= 11 is 4.86. The van der Waals surface area contributed by atoms with E-state index in [9.17, 15) is 14.4 Å². The van der Waals surface area contributed by atoms with E-state index in [1.54, 1.807) is 0 Å². The topological polar surface area (TPSA) is 90.3 Å². The van der Waals surface area contributed by atoms with Gasteiger partial charge in [-0.3, -0.25) is 19.7 Å². The van der Waals surface area contributed by atoms with E-state index in [2.05, 4.69) is 22.9 Å². The molecule has 30 heavy (non-hydrogen) atoms. The summed E-state index contributed by atoms with van der Waals surface area (Å²) in [5, 5.41) is 1.44. The van der Waals surface area contributed by atoms with Crippen molar-refractivity contribution in [3.05, 3.63) is 59.4 Å². The van der Waals surface area contributed by atoms with Crippen LogP contribution in [0.2, 0.25) is 0 Å². The van der Waals surface area contributed by atoms with E-state index < -0.39 is 0 Å². The minimum Gasteiger partial charge on any atom is -0.486 e. The van der Waals surface area contributed by atoms with Gasteiger partial charge < -0.3 is 9.30 Å². The number of carbonyl (C=O) groups excluding carboxylic acids is 3. The van der Waals surface area contributed by atoms with Gasteiger partial charge in [-0.15, -0.1) is 12.6 Å². The number of hydrogen-bond acceptors (Lipinski definition) is 6. The minimum atomic E-state index is -0.382. The number of imide groups is 1. The van der Waals surface area contributed by atoms with Crippen LogP contribution < -0.4 is 10.1 Å². The molecule has 1 saturated heterocycles. The number of fused-ring (bicyclic) bond motifs is 1. The fourth-order valence-corrected chi connectivity index (χ4v) is 4.35. The van der Waals surface area contributed by atoms with E-state index in [0.29, 0.717) is 18.8 Å². The van der Waals surface area contributed by atoms with Crippen LogP contribution in [0.3, 0.4) is 0 Å². The molecule has 2 amide bonds. The van der Waals surface area contributed by atoms with Crippen molar-refractivity contribution in [2.75, 3.05) is 0 Å². The Morgan fingerprint density at radius 2 is 1.93 bits per heavy atom. The largest absolute Gasteiger partial charge is 0.486 e. The van der Waals surface area contributed by atoms with Crippen LogP contribution in [-0.2, 0) is 36.1 Å². The molecule has 2 heterocycles. The molecule has 4 rings (SSSR count). The first-order valence-electron chi connectivity index (χ1n) is 9.28. The maximum Gasteiger partial charge on any atom is 0.286 e. The number of aryl methyl sites for hydroxylation is 1. The summed E-state index contributed by atoms with van der Waals surface area (Å²) in [6.07, 6.45) is 0.766. The van der Waals surface area contributed by atoms with Gasteiger partial charge in [-0.05, 0) is 41.8 Å². The number of imidazole rings is 1. The van der Waals surface area contributed by atoms with Gasteiger partial charge in [0.15, 0.2) is 5.12 Å². The average Bonchev–Trinajstić information content (AvgIpc) is 3.19. The molecule has 1 N–H and O–H groups in total. The Morgan fingerprint density at radius 1 is 1.20 bits per heavy atom. The zero-order chi connectivity index (χ0) is 21.3. The second-order valence-electron chi connectivity index (χ2n) is 7.00. The molecule has 7 nitrogen and oxygen atoms in total. The molecular weight excluding hydrogens is 422 g/mol. The molecule has 154 valence electrons. The van der Waals surface area contributed by atoms with Crippen LogP contribution in [0, 0.1) is 0 Å². The summed E-state index contributed by atoms with van der Waals surface area (Å²) in [4.78, 5) is 38.8. The lowest BCUT2D eigenvalue weighted by Gasteiger charge is -2.09. The van der Waals surface area contributed by atoms with E-state index in [-0.39, 0.29) is 27.9 Å². The molecule has 1 unspecified atom stereocenters. The van der Waals surface area contributed by atoms with Crippen LogP contribution in [0.5, 0.6) is 5.75 Å². The highest BCUT2D eigenvalue weighted by molar-refractivity contribution is 8.15. The van der Waals surface area contributed by atoms with Crippen molar-refractivity contribution in [1.82, 2.24) is 14.9 Å². The predicted octanol–water partition coefficient (Wildman–Crippen LogP) is 3.05. The predicted molar refractivity (Wildman–Crippen MR) is 118 cm³/mol. The molecule has 0 saturated carbocycles. The summed E-state index contributed by atoms with van der Waals surface area (Å²) in [5.41, 5.74) is 3.62. The van der Waals surface area contributed by atoms with Crippen molar-refractivity contribution >= 4 is 51.7 Å². The highest BCUT2D eigenvalue weighted by Gasteiger charge is 2.31. The number of rotatable bonds is 7. The highest BCUT2D eigenvalue weighted by Crippen LogP contribution is 2.24. The number of nitrogens with one attached hydrogen (secondary N) is 1. The van der Waals surface area contributed by atoms with Gasteiger partial charge in [0.2, 0.25) is 5.91 Å². The first kappa shape index (κ1) is 20.5. The van der Waals surface area contributed by atoms with E-state index in [0.717, 1.165) is 39.7 Å². The average molecular weight is 442 g/mol. The molecule has 0 bridgehead atoms. The summed E-state index contributed by atoms with van der Waals surface area (Å²) in [7, 11) is 1.91. The van der Waals surface area contributed by atoms with Crippen molar-refractivity contribution < 1.29 is 19.1 Å². The van der Waals surface area contributed by atoms with Gasteiger partial charge >= 0.3 is 0 Å².